The first-order valence-electron chi connectivity index (χ1n) is 10.6. The van der Waals surface area contributed by atoms with Crippen LogP contribution in [0.2, 0.25) is 0 Å². The first kappa shape index (κ1) is 22.8. The number of amides is 2. The van der Waals surface area contributed by atoms with Crippen molar-refractivity contribution in [3.8, 4) is 22.6 Å². The normalized spacial score (nSPS) is 14.3. The van der Waals surface area contributed by atoms with Crippen LogP contribution in [-0.2, 0) is 16.0 Å². The lowest BCUT2D eigenvalue weighted by Gasteiger charge is -2.10. The number of benzene rings is 2. The Morgan fingerprint density at radius 3 is 2.62 bits per heavy atom. The highest BCUT2D eigenvalue weighted by Crippen LogP contribution is 2.41. The zero-order chi connectivity index (χ0) is 24.4. The first-order chi connectivity index (χ1) is 16.4. The Morgan fingerprint density at radius 1 is 1.21 bits per heavy atom. The van der Waals surface area contributed by atoms with Crippen LogP contribution in [0.15, 0.2) is 42.5 Å². The van der Waals surface area contributed by atoms with Gasteiger partial charge in [0.25, 0.3) is 11.6 Å². The molecule has 1 aromatic heterocycles. The molecule has 0 aliphatic carbocycles. The first-order valence-corrected chi connectivity index (χ1v) is 10.6. The number of nitrogens with zero attached hydrogens (tertiary/aromatic N) is 3. The maximum atomic E-state index is 12.8. The quantitative estimate of drug-likeness (QED) is 0.383. The van der Waals surface area contributed by atoms with Crippen LogP contribution in [-0.4, -0.2) is 40.7 Å². The molecule has 4 rings (SSSR count). The van der Waals surface area contributed by atoms with E-state index in [4.69, 9.17) is 9.47 Å². The van der Waals surface area contributed by atoms with E-state index in [-0.39, 0.29) is 23.7 Å². The molecule has 1 atom stereocenters. The van der Waals surface area contributed by atoms with E-state index in [1.807, 2.05) is 13.0 Å². The van der Waals surface area contributed by atoms with Gasteiger partial charge in [0.1, 0.15) is 17.5 Å². The molecule has 0 radical (unpaired) electrons. The lowest BCUT2D eigenvalue weighted by molar-refractivity contribution is -0.383. The number of para-hydroxylation sites is 2. The van der Waals surface area contributed by atoms with Gasteiger partial charge in [-0.2, -0.15) is 5.10 Å². The lowest BCUT2D eigenvalue weighted by atomic mass is 10.0. The molecule has 1 unspecified atom stereocenters. The summed E-state index contributed by atoms with van der Waals surface area (Å²) < 4.78 is 12.2. The summed E-state index contributed by atoms with van der Waals surface area (Å²) in [6.07, 6.45) is 0.357. The fraction of sp³-hybridized carbons (Fsp3) is 0.261. The summed E-state index contributed by atoms with van der Waals surface area (Å²) in [4.78, 5) is 36.1. The molecular weight excluding hydrogens is 442 g/mol. The van der Waals surface area contributed by atoms with Crippen molar-refractivity contribution in [2.24, 2.45) is 0 Å². The standard InChI is InChI=1S/C23H23N5O6/c1-4-14-21(13-9-10-18(33-2)19(11-13)34-3)22-25-23(30)17(27(22)26-14)12-20(29)24-15-7-5-6-8-16(15)28(31)32/h5-11,17H,4,12H2,1-3H3,(H,24,29)(H,25,30). The number of hydrogen-bond acceptors (Lipinski definition) is 7. The summed E-state index contributed by atoms with van der Waals surface area (Å²) in [6.45, 7) is 1.94. The maximum Gasteiger partial charge on any atom is 0.292 e. The predicted molar refractivity (Wildman–Crippen MR) is 124 cm³/mol. The van der Waals surface area contributed by atoms with Crippen LogP contribution < -0.4 is 20.1 Å². The molecule has 1 aliphatic heterocycles. The van der Waals surface area contributed by atoms with E-state index in [0.29, 0.717) is 23.7 Å². The van der Waals surface area contributed by atoms with Crippen LogP contribution in [0.25, 0.3) is 11.1 Å². The molecule has 34 heavy (non-hydrogen) atoms. The van der Waals surface area contributed by atoms with Crippen molar-refractivity contribution in [3.63, 3.8) is 0 Å². The molecule has 0 saturated heterocycles. The van der Waals surface area contributed by atoms with E-state index in [0.717, 1.165) is 16.8 Å². The van der Waals surface area contributed by atoms with Gasteiger partial charge in [0.05, 0.1) is 31.3 Å². The van der Waals surface area contributed by atoms with E-state index in [9.17, 15) is 19.7 Å². The number of ether oxygens (including phenoxy) is 2. The number of rotatable bonds is 8. The minimum absolute atomic E-state index is 0.0665. The van der Waals surface area contributed by atoms with E-state index in [1.165, 1.54) is 30.0 Å². The molecule has 0 bridgehead atoms. The Morgan fingerprint density at radius 2 is 1.94 bits per heavy atom. The molecule has 176 valence electrons. The number of aryl methyl sites for hydroxylation is 1. The SMILES string of the molecule is CCc1nn2c(c1-c1ccc(OC)c(OC)c1)NC(=O)C2CC(=O)Nc1ccccc1[N+](=O)[O-]. The zero-order valence-electron chi connectivity index (χ0n) is 18.8. The molecule has 0 saturated carbocycles. The third-order valence-corrected chi connectivity index (χ3v) is 5.58. The Hall–Kier alpha value is -4.41. The summed E-state index contributed by atoms with van der Waals surface area (Å²) in [7, 11) is 3.09. The number of carbonyl (C=O) groups excluding carboxylic acids is 2. The smallest absolute Gasteiger partial charge is 0.292 e. The van der Waals surface area contributed by atoms with Gasteiger partial charge in [0.15, 0.2) is 11.5 Å². The number of fused-ring (bicyclic) bond motifs is 1. The highest BCUT2D eigenvalue weighted by Gasteiger charge is 2.37. The molecule has 2 heterocycles. The van der Waals surface area contributed by atoms with Gasteiger partial charge < -0.3 is 20.1 Å². The second-order valence-corrected chi connectivity index (χ2v) is 7.57. The molecule has 2 aromatic carbocycles. The van der Waals surface area contributed by atoms with E-state index >= 15 is 0 Å². The van der Waals surface area contributed by atoms with Crippen LogP contribution in [0.3, 0.4) is 0 Å². The number of nitro benzene ring substituents is 1. The number of methoxy groups -OCH3 is 2. The van der Waals surface area contributed by atoms with Gasteiger partial charge in [-0.05, 0) is 30.2 Å². The average Bonchev–Trinajstić information content (AvgIpc) is 3.33. The number of aromatic nitrogens is 2. The number of nitrogens with one attached hydrogen (secondary N) is 2. The monoisotopic (exact) mass is 465 g/mol. The Bertz CT molecular complexity index is 1280. The lowest BCUT2D eigenvalue weighted by Crippen LogP contribution is -2.24. The molecule has 0 spiro atoms. The van der Waals surface area contributed by atoms with Crippen LogP contribution in [0, 0.1) is 10.1 Å². The average molecular weight is 465 g/mol. The Balaban J connectivity index is 1.64. The number of carbonyl (C=O) groups is 2. The Labute approximate surface area is 194 Å². The third kappa shape index (κ3) is 4.03. The van der Waals surface area contributed by atoms with E-state index in [2.05, 4.69) is 15.7 Å². The van der Waals surface area contributed by atoms with Crippen molar-refractivity contribution in [3.05, 3.63) is 58.3 Å². The van der Waals surface area contributed by atoms with Crippen molar-refractivity contribution in [2.45, 2.75) is 25.8 Å². The third-order valence-electron chi connectivity index (χ3n) is 5.58. The Kier molecular flexibility index (Phi) is 6.17. The summed E-state index contributed by atoms with van der Waals surface area (Å²) >= 11 is 0. The van der Waals surface area contributed by atoms with Gasteiger partial charge in [0.2, 0.25) is 5.91 Å². The van der Waals surface area contributed by atoms with Crippen molar-refractivity contribution < 1.29 is 24.0 Å². The fourth-order valence-electron chi connectivity index (χ4n) is 3.97. The summed E-state index contributed by atoms with van der Waals surface area (Å²) in [5, 5.41) is 21.2. The van der Waals surface area contributed by atoms with Crippen molar-refractivity contribution in [1.29, 1.82) is 0 Å². The molecular formula is C23H23N5O6. The van der Waals surface area contributed by atoms with Gasteiger partial charge in [0, 0.05) is 11.6 Å². The van der Waals surface area contributed by atoms with Gasteiger partial charge in [-0.1, -0.05) is 25.1 Å². The van der Waals surface area contributed by atoms with Crippen molar-refractivity contribution >= 4 is 29.0 Å². The summed E-state index contributed by atoms with van der Waals surface area (Å²) in [5.41, 5.74) is 2.10. The minimum atomic E-state index is -0.892. The summed E-state index contributed by atoms with van der Waals surface area (Å²) in [5.74, 6) is 0.666. The largest absolute Gasteiger partial charge is 0.493 e. The fourth-order valence-corrected chi connectivity index (χ4v) is 3.97. The molecule has 1 aliphatic rings. The van der Waals surface area contributed by atoms with Gasteiger partial charge in [-0.15, -0.1) is 0 Å². The molecule has 11 nitrogen and oxygen atoms in total. The molecule has 2 amide bonds. The number of nitro groups is 1. The zero-order valence-corrected chi connectivity index (χ0v) is 18.8. The second-order valence-electron chi connectivity index (χ2n) is 7.57. The molecule has 3 aromatic rings. The van der Waals surface area contributed by atoms with Crippen molar-refractivity contribution in [2.75, 3.05) is 24.9 Å². The van der Waals surface area contributed by atoms with E-state index in [1.54, 1.807) is 25.3 Å². The van der Waals surface area contributed by atoms with Crippen LogP contribution in [0.4, 0.5) is 17.2 Å². The predicted octanol–water partition coefficient (Wildman–Crippen LogP) is 3.56. The summed E-state index contributed by atoms with van der Waals surface area (Å²) in [6, 6.07) is 10.4. The molecule has 11 heteroatoms. The highest BCUT2D eigenvalue weighted by molar-refractivity contribution is 6.04. The van der Waals surface area contributed by atoms with Crippen LogP contribution in [0.1, 0.15) is 25.1 Å². The van der Waals surface area contributed by atoms with Crippen LogP contribution >= 0.6 is 0 Å². The minimum Gasteiger partial charge on any atom is -0.493 e. The number of anilines is 2. The van der Waals surface area contributed by atoms with Gasteiger partial charge in [-0.25, -0.2) is 4.68 Å². The second kappa shape index (κ2) is 9.22. The van der Waals surface area contributed by atoms with Crippen molar-refractivity contribution in [1.82, 2.24) is 9.78 Å². The van der Waals surface area contributed by atoms with Gasteiger partial charge in [-0.3, -0.25) is 19.7 Å². The number of hydrogen-bond donors (Lipinski definition) is 2. The maximum absolute atomic E-state index is 12.8. The van der Waals surface area contributed by atoms with E-state index < -0.39 is 16.9 Å². The molecule has 0 fully saturated rings. The molecule has 2 N–H and O–H groups in total. The topological polar surface area (TPSA) is 138 Å². The van der Waals surface area contributed by atoms with Crippen LogP contribution in [0.5, 0.6) is 11.5 Å². The van der Waals surface area contributed by atoms with Gasteiger partial charge >= 0.3 is 0 Å². The highest BCUT2D eigenvalue weighted by atomic mass is 16.6.